The number of hydrogen-bond donors (Lipinski definition) is 3. The average Bonchev–Trinajstić information content (AvgIpc) is 3.74. The predicted molar refractivity (Wildman–Crippen MR) is 194 cm³/mol. The summed E-state index contributed by atoms with van der Waals surface area (Å²) in [7, 11) is 9.52. The summed E-state index contributed by atoms with van der Waals surface area (Å²) in [6, 6.07) is 0. The van der Waals surface area contributed by atoms with Gasteiger partial charge in [0.25, 0.3) is 0 Å². The van der Waals surface area contributed by atoms with Gasteiger partial charge < -0.3 is 48.5 Å². The van der Waals surface area contributed by atoms with Crippen molar-refractivity contribution in [3.63, 3.8) is 0 Å². The van der Waals surface area contributed by atoms with Crippen molar-refractivity contribution in [2.24, 2.45) is 0 Å². The molecule has 0 aliphatic carbocycles. The second kappa shape index (κ2) is 25.3. The minimum Gasteiger partial charge on any atom is -0.545 e. The molecule has 5 aliphatic heterocycles. The van der Waals surface area contributed by atoms with E-state index in [9.17, 15) is 9.13 Å². The summed E-state index contributed by atoms with van der Waals surface area (Å²) in [6.07, 6.45) is -0.571. The van der Waals surface area contributed by atoms with Gasteiger partial charge in [-0.3, -0.25) is 9.13 Å². The van der Waals surface area contributed by atoms with E-state index in [0.29, 0.717) is 0 Å². The van der Waals surface area contributed by atoms with Crippen molar-refractivity contribution in [3.05, 3.63) is 6.61 Å². The number of rotatable bonds is 8. The van der Waals surface area contributed by atoms with Gasteiger partial charge in [-0.1, -0.05) is 31.9 Å². The molecule has 5 heterocycles. The average molecular weight is 933 g/mol. The van der Waals surface area contributed by atoms with Crippen LogP contribution >= 0.6 is 67.2 Å². The molecule has 0 amide bonds. The Morgan fingerprint density at radius 2 is 1.26 bits per heavy atom. The zero-order valence-corrected chi connectivity index (χ0v) is 39.3. The van der Waals surface area contributed by atoms with Crippen molar-refractivity contribution in [1.82, 2.24) is 0 Å². The molecule has 5 saturated heterocycles. The van der Waals surface area contributed by atoms with Crippen LogP contribution in [0.4, 0.5) is 0 Å². The third kappa shape index (κ3) is 16.0. The van der Waals surface area contributed by atoms with Crippen molar-refractivity contribution >= 4 is 67.2 Å². The second-order valence-corrected chi connectivity index (χ2v) is 25.0. The van der Waals surface area contributed by atoms with Gasteiger partial charge in [-0.2, -0.15) is 6.61 Å². The first-order chi connectivity index (χ1) is 20.6. The molecule has 3 N–H and O–H groups in total. The fraction of sp³-hybridized carbons (Fsp3) is 0.960. The Balaban J connectivity index is 0. The van der Waals surface area contributed by atoms with Crippen LogP contribution in [0.5, 0.6) is 0 Å². The van der Waals surface area contributed by atoms with Crippen LogP contribution in [0.3, 0.4) is 0 Å². The maximum absolute atomic E-state index is 10.8. The standard InChI is InChI=1S/C9H18O4P4.C8H14O4P3.C6H12O4.CH5P.CH4.V.Y/c1-9(2)12-7-5(3-14)11-6(8(7)13-9)4-17(15)16-10;1-8(2)11-5-3-10-6(7(5)12-8)4-15(13)14-9;1-3-5(8)6(9)4(2-7)10-3;1-2;;;/h5-8H,3-4,14-15H2,1-2H3;3,5-7H,4,13H2,1-2H3;3-9H,2H2,1H3;2H2,1H3;1H4;;/q;-1;;;;;/t5-,6+,7?,8?,17?;5?,6-,7?,15?;3-,4+,5?,6?;;;;/m010..../s1. The normalized spacial score (nSPS) is 38.4. The van der Waals surface area contributed by atoms with E-state index in [1.54, 1.807) is 13.5 Å². The summed E-state index contributed by atoms with van der Waals surface area (Å²) < 4.78 is 61.1. The monoisotopic (exact) mass is 933 g/mol. The molecule has 17 atom stereocenters. The maximum atomic E-state index is 10.8. The third-order valence-corrected chi connectivity index (χ3v) is 14.7. The van der Waals surface area contributed by atoms with Gasteiger partial charge >= 0.3 is 0 Å². The minimum atomic E-state index is -0.944. The molecule has 22 heteroatoms. The number of aliphatic hydroxyl groups excluding tert-OH is 3. The summed E-state index contributed by atoms with van der Waals surface area (Å²) in [6.45, 7) is 12.7. The van der Waals surface area contributed by atoms with Crippen LogP contribution in [-0.4, -0.2) is 126 Å². The van der Waals surface area contributed by atoms with E-state index in [1.165, 1.54) is 0 Å². The largest absolute Gasteiger partial charge is 0.545 e. The Bertz CT molecular complexity index is 909. The van der Waals surface area contributed by atoms with Gasteiger partial charge in [0.05, 0.1) is 37.1 Å². The molecule has 0 aromatic heterocycles. The topological polar surface area (TPSA) is 159 Å². The zero-order valence-electron chi connectivity index (χ0n) is 26.9. The van der Waals surface area contributed by atoms with Gasteiger partial charge in [0.15, 0.2) is 27.9 Å². The van der Waals surface area contributed by atoms with E-state index in [4.69, 9.17) is 48.5 Å². The summed E-state index contributed by atoms with van der Waals surface area (Å²) >= 11 is 0. The zero-order chi connectivity index (χ0) is 33.4. The number of aliphatic hydroxyl groups is 3. The van der Waals surface area contributed by atoms with Gasteiger partial charge in [0.1, 0.15) is 30.5 Å². The molecular weight excluding hydrogens is 880 g/mol. The van der Waals surface area contributed by atoms with E-state index in [0.717, 1.165) is 18.5 Å². The Labute approximate surface area is 332 Å². The van der Waals surface area contributed by atoms with Crippen molar-refractivity contribution in [2.75, 3.05) is 31.8 Å². The van der Waals surface area contributed by atoms with E-state index in [2.05, 4.69) is 36.3 Å². The van der Waals surface area contributed by atoms with Gasteiger partial charge in [-0.15, -0.1) is 18.5 Å². The van der Waals surface area contributed by atoms with Crippen LogP contribution in [0.25, 0.3) is 0 Å². The number of ether oxygens (including phenoxy) is 7. The van der Waals surface area contributed by atoms with Gasteiger partial charge in [-0.05, 0) is 46.9 Å². The van der Waals surface area contributed by atoms with Crippen molar-refractivity contribution in [1.29, 1.82) is 0 Å². The molecule has 5 aliphatic rings. The summed E-state index contributed by atoms with van der Waals surface area (Å²) in [5.41, 5.74) is 0. The Morgan fingerprint density at radius 3 is 1.68 bits per heavy atom. The van der Waals surface area contributed by atoms with E-state index in [-0.39, 0.29) is 130 Å². The molecule has 0 saturated carbocycles. The maximum Gasteiger partial charge on any atom is 0.185 e. The molecule has 5 fully saturated rings. The quantitative estimate of drug-likeness (QED) is 0.226. The summed E-state index contributed by atoms with van der Waals surface area (Å²) in [4.78, 5) is 0. The Hall–Kier alpha value is 4.07. The molecule has 47 heavy (non-hydrogen) atoms. The van der Waals surface area contributed by atoms with Crippen LogP contribution in [0.2, 0.25) is 0 Å². The van der Waals surface area contributed by atoms with E-state index >= 15 is 0 Å². The molecule has 0 aromatic rings. The molecule has 0 bridgehead atoms. The minimum absolute atomic E-state index is 0. The summed E-state index contributed by atoms with van der Waals surface area (Å²) in [5, 5.41) is 26.8. The number of fused-ring (bicyclic) bond motifs is 2. The third-order valence-electron chi connectivity index (χ3n) is 7.12. The van der Waals surface area contributed by atoms with Gasteiger partial charge in [0.2, 0.25) is 0 Å². The van der Waals surface area contributed by atoms with Gasteiger partial charge in [-0.25, -0.2) is 0 Å². The van der Waals surface area contributed by atoms with E-state index < -0.39 is 44.5 Å². The van der Waals surface area contributed by atoms with Crippen molar-refractivity contribution in [3.8, 4) is 0 Å². The smallest absolute Gasteiger partial charge is 0.185 e. The van der Waals surface area contributed by atoms with Crippen molar-refractivity contribution < 1.29 is 109 Å². The Morgan fingerprint density at radius 1 is 0.787 bits per heavy atom. The van der Waals surface area contributed by atoms with Crippen LogP contribution in [0, 0.1) is 6.61 Å². The number of hydrogen-bond acceptors (Lipinski definition) is 12. The molecule has 2 radical (unpaired) electrons. The fourth-order valence-corrected chi connectivity index (χ4v) is 9.69. The fourth-order valence-electron chi connectivity index (χ4n) is 5.24. The van der Waals surface area contributed by atoms with Crippen LogP contribution < -0.4 is 0 Å². The van der Waals surface area contributed by atoms with Gasteiger partial charge in [0, 0.05) is 78.2 Å². The molecular formula is C25H53O12P8VY-. The summed E-state index contributed by atoms with van der Waals surface area (Å²) in [5.74, 6) is -1.07. The molecule has 274 valence electrons. The molecule has 5 rings (SSSR count). The van der Waals surface area contributed by atoms with Crippen LogP contribution in [0.1, 0.15) is 42.0 Å². The SMILES string of the molecule is C.CC1(C)OC2C(O1)[C@@H](CP(P)P=O)O[C@H]2CP.CC1(C)OC2[CH-]O[C@H](CP(P)P=O)C2O1.CP.C[C@@H]1O[C@H](CO)C(O)C1O.[V].[Y]. The molecule has 0 spiro atoms. The van der Waals surface area contributed by atoms with Crippen LogP contribution in [-0.2, 0) is 93.6 Å². The second-order valence-electron chi connectivity index (χ2n) is 11.3. The first-order valence-corrected chi connectivity index (χ1v) is 25.4. The first-order valence-electron chi connectivity index (χ1n) is 14.1. The molecule has 12 nitrogen and oxygen atoms in total. The first kappa shape index (κ1) is 53.2. The molecule has 0 aromatic carbocycles. The van der Waals surface area contributed by atoms with Crippen molar-refractivity contribution in [2.45, 2.75) is 121 Å². The van der Waals surface area contributed by atoms with E-state index in [1.807, 2.05) is 34.4 Å². The molecule has 12 unspecified atom stereocenters. The Kier molecular flexibility index (Phi) is 28.6. The predicted octanol–water partition coefficient (Wildman–Crippen LogP) is 4.78. The van der Waals surface area contributed by atoms with Crippen LogP contribution in [0.15, 0.2) is 0 Å².